The maximum Gasteiger partial charge on any atom is 0.306 e. The average molecular weight is 408 g/mol. The molecular formula is C24H25FN2O3. The molecule has 0 saturated carbocycles. The van der Waals surface area contributed by atoms with Gasteiger partial charge in [-0.25, -0.2) is 9.37 Å². The largest absolute Gasteiger partial charge is 0.466 e. The molecule has 30 heavy (non-hydrogen) atoms. The van der Waals surface area contributed by atoms with Crippen LogP contribution in [0.4, 0.5) is 4.39 Å². The number of hydrogen-bond acceptors (Lipinski definition) is 5. The number of aryl methyl sites for hydroxylation is 2. The van der Waals surface area contributed by atoms with Crippen LogP contribution >= 0.6 is 0 Å². The van der Waals surface area contributed by atoms with Crippen molar-refractivity contribution in [2.75, 3.05) is 6.61 Å². The van der Waals surface area contributed by atoms with Gasteiger partial charge in [0.2, 0.25) is 5.88 Å². The number of nitrogens with zero attached hydrogens (tertiary/aromatic N) is 2. The van der Waals surface area contributed by atoms with E-state index in [0.717, 1.165) is 22.4 Å². The van der Waals surface area contributed by atoms with E-state index in [2.05, 4.69) is 9.97 Å². The first-order valence-electron chi connectivity index (χ1n) is 9.93. The average Bonchev–Trinajstić information content (AvgIpc) is 2.72. The fourth-order valence-corrected chi connectivity index (χ4v) is 3.30. The maximum absolute atomic E-state index is 14.4. The maximum atomic E-state index is 14.4. The zero-order chi connectivity index (χ0) is 21.5. The first-order valence-corrected chi connectivity index (χ1v) is 9.93. The van der Waals surface area contributed by atoms with Crippen molar-refractivity contribution in [1.29, 1.82) is 0 Å². The van der Waals surface area contributed by atoms with Gasteiger partial charge in [-0.2, -0.15) is 0 Å². The van der Waals surface area contributed by atoms with Crippen molar-refractivity contribution in [3.05, 3.63) is 77.1 Å². The Morgan fingerprint density at radius 2 is 1.97 bits per heavy atom. The Morgan fingerprint density at radius 3 is 2.67 bits per heavy atom. The van der Waals surface area contributed by atoms with Gasteiger partial charge in [-0.3, -0.25) is 9.78 Å². The van der Waals surface area contributed by atoms with Gasteiger partial charge in [0.05, 0.1) is 31.0 Å². The van der Waals surface area contributed by atoms with Crippen molar-refractivity contribution < 1.29 is 18.7 Å². The molecule has 0 atom stereocenters. The van der Waals surface area contributed by atoms with Gasteiger partial charge < -0.3 is 9.47 Å². The number of carbonyl (C=O) groups excluding carboxylic acids is 1. The van der Waals surface area contributed by atoms with Gasteiger partial charge in [0, 0.05) is 18.4 Å². The van der Waals surface area contributed by atoms with Crippen molar-refractivity contribution in [1.82, 2.24) is 9.97 Å². The number of ether oxygens (including phenoxy) is 2. The van der Waals surface area contributed by atoms with E-state index in [1.54, 1.807) is 25.3 Å². The van der Waals surface area contributed by atoms with Crippen LogP contribution in [0.25, 0.3) is 11.3 Å². The highest BCUT2D eigenvalue weighted by Gasteiger charge is 2.14. The quantitative estimate of drug-likeness (QED) is 0.444. The molecule has 6 heteroatoms. The number of carbonyl (C=O) groups is 1. The molecule has 1 heterocycles. The van der Waals surface area contributed by atoms with E-state index in [0.29, 0.717) is 30.1 Å². The van der Waals surface area contributed by atoms with Gasteiger partial charge in [-0.05, 0) is 49.5 Å². The molecule has 1 aromatic carbocycles. The number of hydrogen-bond donors (Lipinski definition) is 0. The lowest BCUT2D eigenvalue weighted by atomic mass is 9.99. The minimum absolute atomic E-state index is 0.110. The van der Waals surface area contributed by atoms with Crippen molar-refractivity contribution in [3.8, 4) is 17.1 Å². The number of rotatable bonds is 7. The van der Waals surface area contributed by atoms with Crippen LogP contribution in [-0.2, 0) is 9.53 Å². The second-order valence-corrected chi connectivity index (χ2v) is 7.07. The van der Waals surface area contributed by atoms with Crippen LogP contribution < -0.4 is 4.74 Å². The first-order chi connectivity index (χ1) is 14.5. The zero-order valence-corrected chi connectivity index (χ0v) is 17.4. The molecule has 0 amide bonds. The zero-order valence-electron chi connectivity index (χ0n) is 17.4. The Kier molecular flexibility index (Phi) is 7.12. The molecule has 0 bridgehead atoms. The summed E-state index contributed by atoms with van der Waals surface area (Å²) in [5.41, 5.74) is 5.16. The van der Waals surface area contributed by atoms with E-state index >= 15 is 0 Å². The molecular weight excluding hydrogens is 383 g/mol. The minimum Gasteiger partial charge on any atom is -0.466 e. The molecule has 3 rings (SSSR count). The molecule has 0 N–H and O–H groups in total. The fourth-order valence-electron chi connectivity index (χ4n) is 3.30. The van der Waals surface area contributed by atoms with Crippen molar-refractivity contribution >= 4 is 5.97 Å². The number of esters is 1. The summed E-state index contributed by atoms with van der Waals surface area (Å²) in [7, 11) is 0. The van der Waals surface area contributed by atoms with Crippen molar-refractivity contribution in [2.24, 2.45) is 0 Å². The summed E-state index contributed by atoms with van der Waals surface area (Å²) in [6.07, 6.45) is 8.76. The molecule has 5 nitrogen and oxygen atoms in total. The molecule has 2 aromatic rings. The molecule has 0 unspecified atom stereocenters. The van der Waals surface area contributed by atoms with E-state index in [-0.39, 0.29) is 24.6 Å². The lowest BCUT2D eigenvalue weighted by Crippen LogP contribution is -2.05. The third-order valence-electron chi connectivity index (χ3n) is 4.79. The van der Waals surface area contributed by atoms with Crippen molar-refractivity contribution in [3.63, 3.8) is 0 Å². The van der Waals surface area contributed by atoms with Gasteiger partial charge in [0.1, 0.15) is 5.83 Å². The second-order valence-electron chi connectivity index (χ2n) is 7.07. The smallest absolute Gasteiger partial charge is 0.306 e. The summed E-state index contributed by atoms with van der Waals surface area (Å²) in [4.78, 5) is 20.2. The minimum atomic E-state index is -0.321. The Labute approximate surface area is 176 Å². The number of aromatic nitrogens is 2. The predicted octanol–water partition coefficient (Wildman–Crippen LogP) is 5.55. The normalized spacial score (nSPS) is 14.9. The Morgan fingerprint density at radius 1 is 1.20 bits per heavy atom. The lowest BCUT2D eigenvalue weighted by Gasteiger charge is -2.12. The lowest BCUT2D eigenvalue weighted by molar-refractivity contribution is -0.143. The molecule has 0 spiro atoms. The highest BCUT2D eigenvalue weighted by Crippen LogP contribution is 2.28. The van der Waals surface area contributed by atoms with E-state index in [4.69, 9.17) is 9.47 Å². The second kappa shape index (κ2) is 9.96. The molecule has 1 aromatic heterocycles. The van der Waals surface area contributed by atoms with Crippen LogP contribution in [0.15, 0.2) is 66.0 Å². The van der Waals surface area contributed by atoms with Crippen LogP contribution in [0.2, 0.25) is 0 Å². The first kappa shape index (κ1) is 21.4. The summed E-state index contributed by atoms with van der Waals surface area (Å²) in [5.74, 6) is -0.251. The molecule has 1 aliphatic rings. The van der Waals surface area contributed by atoms with Crippen LogP contribution in [0.1, 0.15) is 37.3 Å². The third-order valence-corrected chi connectivity index (χ3v) is 4.79. The fraction of sp³-hybridized carbons (Fsp3) is 0.292. The van der Waals surface area contributed by atoms with E-state index in [1.165, 1.54) is 12.5 Å². The third kappa shape index (κ3) is 5.41. The Balaban J connectivity index is 1.66. The van der Waals surface area contributed by atoms with Gasteiger partial charge >= 0.3 is 5.97 Å². The van der Waals surface area contributed by atoms with E-state index in [9.17, 15) is 9.18 Å². The van der Waals surface area contributed by atoms with Gasteiger partial charge in [0.25, 0.3) is 0 Å². The van der Waals surface area contributed by atoms with Gasteiger partial charge in [0.15, 0.2) is 0 Å². The van der Waals surface area contributed by atoms with E-state index < -0.39 is 0 Å². The Hall–Kier alpha value is -3.28. The summed E-state index contributed by atoms with van der Waals surface area (Å²) < 4.78 is 24.9. The van der Waals surface area contributed by atoms with Crippen LogP contribution in [0.3, 0.4) is 0 Å². The summed E-state index contributed by atoms with van der Waals surface area (Å²) in [5, 5.41) is 0. The highest BCUT2D eigenvalue weighted by atomic mass is 19.1. The number of allylic oxidation sites excluding steroid dienone is 5. The number of benzene rings is 1. The molecule has 1 aliphatic carbocycles. The van der Waals surface area contributed by atoms with Crippen molar-refractivity contribution in [2.45, 2.75) is 40.0 Å². The van der Waals surface area contributed by atoms with Gasteiger partial charge in [-0.1, -0.05) is 30.4 Å². The summed E-state index contributed by atoms with van der Waals surface area (Å²) in [6.45, 7) is 6.13. The van der Waals surface area contributed by atoms with E-state index in [1.807, 2.05) is 32.0 Å². The molecule has 0 saturated heterocycles. The molecule has 0 aliphatic heterocycles. The molecule has 156 valence electrons. The molecule has 0 fully saturated rings. The van der Waals surface area contributed by atoms with Crippen LogP contribution in [0, 0.1) is 13.8 Å². The topological polar surface area (TPSA) is 61.3 Å². The van der Waals surface area contributed by atoms with Crippen LogP contribution in [-0.4, -0.2) is 22.5 Å². The number of halogens is 1. The van der Waals surface area contributed by atoms with Gasteiger partial charge in [-0.15, -0.1) is 0 Å². The Bertz CT molecular complexity index is 1000. The standard InChI is InChI=1S/C24H25FN2O3/c1-4-29-23(28)11-10-19-9-8-18(12-20(19)25)15-30-22-14-26-13-21(27-22)24-16(2)6-5-7-17(24)3/h5-9,13-15H,4,10-12H2,1-3H3. The predicted molar refractivity (Wildman–Crippen MR) is 113 cm³/mol. The SMILES string of the molecule is CCOC(=O)CCC1=C(F)CC(=COc2cncc(-c3c(C)cccc3C)n2)C=C1. The summed E-state index contributed by atoms with van der Waals surface area (Å²) >= 11 is 0. The van der Waals surface area contributed by atoms with Crippen LogP contribution in [0.5, 0.6) is 5.88 Å². The highest BCUT2D eigenvalue weighted by molar-refractivity contribution is 5.70. The summed E-state index contributed by atoms with van der Waals surface area (Å²) in [6, 6.07) is 6.06. The molecule has 0 radical (unpaired) electrons. The monoisotopic (exact) mass is 408 g/mol.